The monoisotopic (exact) mass is 249 g/mol. The van der Waals surface area contributed by atoms with Gasteiger partial charge < -0.3 is 10.1 Å². The molecule has 0 atom stereocenters. The van der Waals surface area contributed by atoms with Gasteiger partial charge in [-0.15, -0.1) is 11.3 Å². The van der Waals surface area contributed by atoms with Crippen molar-refractivity contribution in [3.63, 3.8) is 0 Å². The first-order valence-corrected chi connectivity index (χ1v) is 6.75. The fourth-order valence-electron chi connectivity index (χ4n) is 1.89. The molecule has 0 saturated heterocycles. The van der Waals surface area contributed by atoms with E-state index in [1.54, 1.807) is 7.11 Å². The molecule has 92 valence electrons. The van der Waals surface area contributed by atoms with Crippen molar-refractivity contribution in [3.8, 4) is 0 Å². The van der Waals surface area contributed by atoms with Gasteiger partial charge in [0.05, 0.1) is 6.61 Å². The topological polar surface area (TPSA) is 21.3 Å². The van der Waals surface area contributed by atoms with Crippen molar-refractivity contribution in [3.05, 3.63) is 34.7 Å². The molecule has 2 aromatic rings. The summed E-state index contributed by atoms with van der Waals surface area (Å²) in [6, 6.07) is 9.05. The molecular formula is C14H19NOS. The summed E-state index contributed by atoms with van der Waals surface area (Å²) in [5, 5.41) is 4.81. The van der Waals surface area contributed by atoms with Gasteiger partial charge in [0, 0.05) is 34.8 Å². The lowest BCUT2D eigenvalue weighted by Crippen LogP contribution is -2.21. The second-order valence-electron chi connectivity index (χ2n) is 4.47. The summed E-state index contributed by atoms with van der Waals surface area (Å²) in [4.78, 5) is 1.39. The Bertz CT molecular complexity index is 490. The molecule has 0 bridgehead atoms. The number of hydrogen-bond acceptors (Lipinski definition) is 3. The molecule has 0 spiro atoms. The normalized spacial score (nSPS) is 11.5. The van der Waals surface area contributed by atoms with Gasteiger partial charge in [-0.2, -0.15) is 0 Å². The van der Waals surface area contributed by atoms with E-state index in [1.165, 1.54) is 20.5 Å². The second kappa shape index (κ2) is 5.63. The zero-order valence-electron chi connectivity index (χ0n) is 10.6. The average molecular weight is 249 g/mol. The third kappa shape index (κ3) is 2.86. The van der Waals surface area contributed by atoms with E-state index >= 15 is 0 Å². The van der Waals surface area contributed by atoms with Gasteiger partial charge in [0.25, 0.3) is 0 Å². The van der Waals surface area contributed by atoms with Crippen molar-refractivity contribution in [1.29, 1.82) is 0 Å². The Kier molecular flexibility index (Phi) is 4.15. The molecule has 0 amide bonds. The third-order valence-corrected chi connectivity index (χ3v) is 3.95. The highest BCUT2D eigenvalue weighted by Crippen LogP contribution is 2.31. The van der Waals surface area contributed by atoms with Crippen LogP contribution in [0.1, 0.15) is 24.3 Å². The molecule has 0 unspecified atom stereocenters. The van der Waals surface area contributed by atoms with Crippen LogP contribution < -0.4 is 5.32 Å². The maximum atomic E-state index is 5.32. The smallest absolute Gasteiger partial charge is 0.0730 e. The molecule has 1 aromatic heterocycles. The summed E-state index contributed by atoms with van der Waals surface area (Å²) in [6.45, 7) is 5.96. The zero-order valence-corrected chi connectivity index (χ0v) is 11.4. The highest BCUT2D eigenvalue weighted by atomic mass is 32.1. The maximum Gasteiger partial charge on any atom is 0.0730 e. The minimum atomic E-state index is 0.510. The Morgan fingerprint density at radius 1 is 1.29 bits per heavy atom. The molecule has 3 heteroatoms. The van der Waals surface area contributed by atoms with Gasteiger partial charge >= 0.3 is 0 Å². The van der Waals surface area contributed by atoms with Gasteiger partial charge in [0.1, 0.15) is 0 Å². The lowest BCUT2D eigenvalue weighted by molar-refractivity contribution is 0.185. The van der Waals surface area contributed by atoms with E-state index in [4.69, 9.17) is 4.74 Å². The highest BCUT2D eigenvalue weighted by Gasteiger charge is 2.11. The number of benzene rings is 1. The molecule has 0 aliphatic heterocycles. The Morgan fingerprint density at radius 3 is 2.76 bits per heavy atom. The first kappa shape index (κ1) is 12.6. The van der Waals surface area contributed by atoms with Gasteiger partial charge in [0.2, 0.25) is 0 Å². The molecule has 1 N–H and O–H groups in total. The molecule has 0 aliphatic rings. The quantitative estimate of drug-likeness (QED) is 0.875. The zero-order chi connectivity index (χ0) is 12.3. The van der Waals surface area contributed by atoms with E-state index in [2.05, 4.69) is 43.4 Å². The van der Waals surface area contributed by atoms with Crippen molar-refractivity contribution in [2.75, 3.05) is 7.11 Å². The van der Waals surface area contributed by atoms with Crippen LogP contribution >= 0.6 is 11.3 Å². The van der Waals surface area contributed by atoms with E-state index in [-0.39, 0.29) is 0 Å². The lowest BCUT2D eigenvalue weighted by Gasteiger charge is -2.08. The van der Waals surface area contributed by atoms with Crippen molar-refractivity contribution >= 4 is 21.4 Å². The Labute approximate surface area is 107 Å². The number of thiophene rings is 1. The van der Waals surface area contributed by atoms with Crippen LogP contribution in [-0.2, 0) is 17.9 Å². The fraction of sp³-hybridized carbons (Fsp3) is 0.429. The van der Waals surface area contributed by atoms with Crippen LogP contribution in [0.4, 0.5) is 0 Å². The predicted molar refractivity (Wildman–Crippen MR) is 74.5 cm³/mol. The average Bonchev–Trinajstić information content (AvgIpc) is 2.66. The van der Waals surface area contributed by atoms with Gasteiger partial charge in [-0.05, 0) is 11.5 Å². The van der Waals surface area contributed by atoms with Gasteiger partial charge in [-0.25, -0.2) is 0 Å². The summed E-state index contributed by atoms with van der Waals surface area (Å²) in [7, 11) is 1.76. The lowest BCUT2D eigenvalue weighted by atomic mass is 10.1. The summed E-state index contributed by atoms with van der Waals surface area (Å²) >= 11 is 1.86. The van der Waals surface area contributed by atoms with Crippen molar-refractivity contribution in [2.45, 2.75) is 33.0 Å². The molecule has 0 fully saturated rings. The van der Waals surface area contributed by atoms with Gasteiger partial charge in [-0.3, -0.25) is 0 Å². The van der Waals surface area contributed by atoms with Crippen LogP contribution in [0.2, 0.25) is 0 Å². The molecular weight excluding hydrogens is 230 g/mol. The van der Waals surface area contributed by atoms with Crippen molar-refractivity contribution in [2.24, 2.45) is 0 Å². The van der Waals surface area contributed by atoms with Crippen LogP contribution in [0, 0.1) is 0 Å². The summed E-state index contributed by atoms with van der Waals surface area (Å²) < 4.78 is 6.67. The first-order valence-electron chi connectivity index (χ1n) is 5.94. The largest absolute Gasteiger partial charge is 0.380 e. The predicted octanol–water partition coefficient (Wildman–Crippen LogP) is 3.55. The minimum Gasteiger partial charge on any atom is -0.380 e. The van der Waals surface area contributed by atoms with Gasteiger partial charge in [0.15, 0.2) is 0 Å². The summed E-state index contributed by atoms with van der Waals surface area (Å²) in [6.07, 6.45) is 0. The van der Waals surface area contributed by atoms with Crippen LogP contribution in [0.3, 0.4) is 0 Å². The van der Waals surface area contributed by atoms with Gasteiger partial charge in [-0.1, -0.05) is 32.0 Å². The Hall–Kier alpha value is -0.900. The molecule has 17 heavy (non-hydrogen) atoms. The van der Waals surface area contributed by atoms with E-state index in [0.29, 0.717) is 12.6 Å². The van der Waals surface area contributed by atoms with Crippen LogP contribution in [0.15, 0.2) is 24.3 Å². The standard InChI is InChI=1S/C14H19NOS/c1-10(2)15-8-14-12(9-16-3)11-6-4-5-7-13(11)17-14/h4-7,10,15H,8-9H2,1-3H3. The Morgan fingerprint density at radius 2 is 2.06 bits per heavy atom. The maximum absolute atomic E-state index is 5.32. The van der Waals surface area contributed by atoms with Crippen LogP contribution in [0.25, 0.3) is 10.1 Å². The number of methoxy groups -OCH3 is 1. The van der Waals surface area contributed by atoms with E-state index in [1.807, 2.05) is 11.3 Å². The SMILES string of the molecule is COCc1c(CNC(C)C)sc2ccccc12. The fourth-order valence-corrected chi connectivity index (χ4v) is 3.05. The Balaban J connectivity index is 2.35. The molecule has 0 aliphatic carbocycles. The van der Waals surface area contributed by atoms with Crippen molar-refractivity contribution < 1.29 is 4.74 Å². The van der Waals surface area contributed by atoms with E-state index in [0.717, 1.165) is 6.54 Å². The molecule has 2 nitrogen and oxygen atoms in total. The summed E-state index contributed by atoms with van der Waals surface area (Å²) in [5.41, 5.74) is 1.33. The van der Waals surface area contributed by atoms with Crippen molar-refractivity contribution in [1.82, 2.24) is 5.32 Å². The number of fused-ring (bicyclic) bond motifs is 1. The number of rotatable bonds is 5. The number of hydrogen-bond donors (Lipinski definition) is 1. The number of nitrogens with one attached hydrogen (secondary N) is 1. The molecule has 1 aromatic carbocycles. The third-order valence-electron chi connectivity index (χ3n) is 2.74. The molecule has 0 radical (unpaired) electrons. The van der Waals surface area contributed by atoms with Crippen LogP contribution in [0.5, 0.6) is 0 Å². The molecule has 2 rings (SSSR count). The first-order chi connectivity index (χ1) is 8.22. The minimum absolute atomic E-state index is 0.510. The number of ether oxygens (including phenoxy) is 1. The second-order valence-corrected chi connectivity index (χ2v) is 5.61. The van der Waals surface area contributed by atoms with E-state index in [9.17, 15) is 0 Å². The summed E-state index contributed by atoms with van der Waals surface area (Å²) in [5.74, 6) is 0. The highest BCUT2D eigenvalue weighted by molar-refractivity contribution is 7.19. The molecule has 0 saturated carbocycles. The van der Waals surface area contributed by atoms with E-state index < -0.39 is 0 Å². The van der Waals surface area contributed by atoms with Crippen LogP contribution in [-0.4, -0.2) is 13.2 Å². The molecule has 1 heterocycles.